The predicted molar refractivity (Wildman–Crippen MR) is 40.5 cm³/mol. The molecule has 0 bridgehead atoms. The molecule has 2 heteroatoms. The van der Waals surface area contributed by atoms with Crippen molar-refractivity contribution in [2.24, 2.45) is 0 Å². The van der Waals surface area contributed by atoms with Crippen LogP contribution in [0, 0.1) is 0 Å². The molecule has 1 fully saturated rings. The van der Waals surface area contributed by atoms with Gasteiger partial charge in [-0.1, -0.05) is 11.6 Å². The fourth-order valence-corrected chi connectivity index (χ4v) is 1.63. The quantitative estimate of drug-likeness (QED) is 0.302. The molecule has 0 aromatic heterocycles. The molecule has 0 spiro atoms. The van der Waals surface area contributed by atoms with Crippen LogP contribution in [0.25, 0.3) is 0 Å². The summed E-state index contributed by atoms with van der Waals surface area (Å²) in [6.45, 7) is 2.56. The van der Waals surface area contributed by atoms with E-state index >= 15 is 0 Å². The van der Waals surface area contributed by atoms with Crippen LogP contribution in [0.5, 0.6) is 0 Å². The first-order valence-electron chi connectivity index (χ1n) is 3.66. The minimum atomic E-state index is 0.792. The fraction of sp³-hybridized carbons (Fsp3) is 1.00. The van der Waals surface area contributed by atoms with E-state index in [-0.39, 0.29) is 0 Å². The molecule has 0 N–H and O–H groups in total. The molecule has 0 amide bonds. The summed E-state index contributed by atoms with van der Waals surface area (Å²) in [6.07, 6.45) is 4.14. The largest absolute Gasteiger partial charge is 0.313 e. The van der Waals surface area contributed by atoms with Crippen LogP contribution in [-0.2, 0) is 0 Å². The fourth-order valence-electron chi connectivity index (χ4n) is 1.40. The number of alkyl halides is 1. The molecular formula is C7H15ClN+. The van der Waals surface area contributed by atoms with Crippen LogP contribution in [0.1, 0.15) is 19.3 Å². The van der Waals surface area contributed by atoms with Gasteiger partial charge in [-0.15, -0.1) is 0 Å². The molecule has 9 heavy (non-hydrogen) atoms. The number of rotatable bonds is 1. The van der Waals surface area contributed by atoms with Gasteiger partial charge in [0.25, 0.3) is 0 Å². The van der Waals surface area contributed by atoms with Crippen molar-refractivity contribution in [2.75, 3.05) is 26.1 Å². The van der Waals surface area contributed by atoms with Gasteiger partial charge < -0.3 is 4.48 Å². The Bertz CT molecular complexity index is 86.9. The highest BCUT2D eigenvalue weighted by molar-refractivity contribution is 6.16. The van der Waals surface area contributed by atoms with Crippen LogP contribution in [-0.4, -0.2) is 30.6 Å². The molecular weight excluding hydrogens is 134 g/mol. The van der Waals surface area contributed by atoms with E-state index in [0.717, 1.165) is 10.5 Å². The molecule has 0 aromatic carbocycles. The lowest BCUT2D eigenvalue weighted by Gasteiger charge is -2.35. The topological polar surface area (TPSA) is 0 Å². The molecule has 1 aliphatic rings. The van der Waals surface area contributed by atoms with E-state index < -0.39 is 0 Å². The lowest BCUT2D eigenvalue weighted by Crippen LogP contribution is -2.46. The van der Waals surface area contributed by atoms with Crippen molar-refractivity contribution in [3.8, 4) is 0 Å². The smallest absolute Gasteiger partial charge is 0.154 e. The third-order valence-electron chi connectivity index (χ3n) is 2.18. The number of piperidine rings is 1. The second-order valence-electron chi connectivity index (χ2n) is 3.25. The van der Waals surface area contributed by atoms with Crippen molar-refractivity contribution in [1.29, 1.82) is 0 Å². The van der Waals surface area contributed by atoms with Crippen LogP contribution in [0.3, 0.4) is 0 Å². The first kappa shape index (κ1) is 7.36. The monoisotopic (exact) mass is 148 g/mol. The number of nitrogens with zero attached hydrogens (tertiary/aromatic N) is 1. The SMILES string of the molecule is C[N+]1(CCl)CCCCC1. The van der Waals surface area contributed by atoms with Gasteiger partial charge >= 0.3 is 0 Å². The van der Waals surface area contributed by atoms with Gasteiger partial charge in [0.15, 0.2) is 6.00 Å². The Morgan fingerprint density at radius 2 is 1.78 bits per heavy atom. The van der Waals surface area contributed by atoms with Gasteiger partial charge in [-0.25, -0.2) is 0 Å². The Morgan fingerprint density at radius 3 is 2.11 bits per heavy atom. The Balaban J connectivity index is 2.37. The first-order valence-corrected chi connectivity index (χ1v) is 4.20. The molecule has 1 aliphatic heterocycles. The number of halogens is 1. The van der Waals surface area contributed by atoms with Crippen LogP contribution in [0.4, 0.5) is 0 Å². The minimum Gasteiger partial charge on any atom is -0.313 e. The molecule has 54 valence electrons. The molecule has 0 unspecified atom stereocenters. The highest BCUT2D eigenvalue weighted by Crippen LogP contribution is 2.16. The van der Waals surface area contributed by atoms with Gasteiger partial charge in [-0.05, 0) is 19.3 Å². The zero-order valence-corrected chi connectivity index (χ0v) is 6.82. The van der Waals surface area contributed by atoms with Gasteiger partial charge in [0.05, 0.1) is 20.1 Å². The highest BCUT2D eigenvalue weighted by atomic mass is 35.5. The maximum atomic E-state index is 5.79. The van der Waals surface area contributed by atoms with E-state index in [1.165, 1.54) is 32.4 Å². The second kappa shape index (κ2) is 2.89. The molecule has 0 aromatic rings. The summed E-state index contributed by atoms with van der Waals surface area (Å²) in [6, 6.07) is 0.792. The summed E-state index contributed by atoms with van der Waals surface area (Å²) in [5.41, 5.74) is 0. The Kier molecular flexibility index (Phi) is 2.36. The van der Waals surface area contributed by atoms with Gasteiger partial charge in [0.2, 0.25) is 0 Å². The summed E-state index contributed by atoms with van der Waals surface area (Å²) < 4.78 is 1.08. The minimum absolute atomic E-state index is 0.792. The van der Waals surface area contributed by atoms with Gasteiger partial charge in [0.1, 0.15) is 0 Å². The maximum absolute atomic E-state index is 5.79. The number of hydrogen-bond acceptors (Lipinski definition) is 0. The molecule has 1 heterocycles. The van der Waals surface area contributed by atoms with Gasteiger partial charge in [-0.2, -0.15) is 0 Å². The van der Waals surface area contributed by atoms with Crippen molar-refractivity contribution in [3.05, 3.63) is 0 Å². The molecule has 0 saturated carbocycles. The summed E-state index contributed by atoms with van der Waals surface area (Å²) in [5.74, 6) is 0. The summed E-state index contributed by atoms with van der Waals surface area (Å²) >= 11 is 5.79. The number of likely N-dealkylation sites (tertiary alicyclic amines) is 1. The molecule has 1 rings (SSSR count). The average molecular weight is 149 g/mol. The average Bonchev–Trinajstić information content (AvgIpc) is 1.90. The van der Waals surface area contributed by atoms with Crippen LogP contribution >= 0.6 is 11.6 Å². The lowest BCUT2D eigenvalue weighted by molar-refractivity contribution is -0.903. The molecule has 1 nitrogen and oxygen atoms in total. The van der Waals surface area contributed by atoms with Crippen molar-refractivity contribution in [3.63, 3.8) is 0 Å². The van der Waals surface area contributed by atoms with Crippen LogP contribution in [0.2, 0.25) is 0 Å². The summed E-state index contributed by atoms with van der Waals surface area (Å²) in [4.78, 5) is 0. The normalized spacial score (nSPS) is 26.0. The summed E-state index contributed by atoms with van der Waals surface area (Å²) in [7, 11) is 2.24. The standard InChI is InChI=1S/C7H15ClN/c1-9(7-8)5-3-2-4-6-9/h2-7H2,1H3/q+1. The Hall–Kier alpha value is 0.250. The molecule has 1 saturated heterocycles. The van der Waals surface area contributed by atoms with Gasteiger partial charge in [0, 0.05) is 0 Å². The zero-order chi connectivity index (χ0) is 6.74. The third kappa shape index (κ3) is 1.84. The van der Waals surface area contributed by atoms with Crippen molar-refractivity contribution in [2.45, 2.75) is 19.3 Å². The van der Waals surface area contributed by atoms with E-state index in [0.29, 0.717) is 0 Å². The van der Waals surface area contributed by atoms with E-state index in [1.807, 2.05) is 0 Å². The van der Waals surface area contributed by atoms with Crippen molar-refractivity contribution < 1.29 is 4.48 Å². The molecule has 0 aliphatic carbocycles. The van der Waals surface area contributed by atoms with E-state index in [4.69, 9.17) is 11.6 Å². The van der Waals surface area contributed by atoms with Gasteiger partial charge in [-0.3, -0.25) is 0 Å². The highest BCUT2D eigenvalue weighted by Gasteiger charge is 2.22. The van der Waals surface area contributed by atoms with Crippen LogP contribution in [0.15, 0.2) is 0 Å². The van der Waals surface area contributed by atoms with Crippen molar-refractivity contribution >= 4 is 11.6 Å². The Morgan fingerprint density at radius 1 is 1.22 bits per heavy atom. The molecule has 0 atom stereocenters. The van der Waals surface area contributed by atoms with Crippen molar-refractivity contribution in [1.82, 2.24) is 0 Å². The first-order chi connectivity index (χ1) is 4.27. The summed E-state index contributed by atoms with van der Waals surface area (Å²) in [5, 5.41) is 0. The number of hydrogen-bond donors (Lipinski definition) is 0. The van der Waals surface area contributed by atoms with E-state index in [1.54, 1.807) is 0 Å². The lowest BCUT2D eigenvalue weighted by atomic mass is 10.1. The molecule has 0 radical (unpaired) electrons. The Labute approximate surface area is 62.2 Å². The third-order valence-corrected chi connectivity index (χ3v) is 2.76. The maximum Gasteiger partial charge on any atom is 0.154 e. The van der Waals surface area contributed by atoms with E-state index in [9.17, 15) is 0 Å². The predicted octanol–water partition coefficient (Wildman–Crippen LogP) is 1.81. The van der Waals surface area contributed by atoms with E-state index in [2.05, 4.69) is 7.05 Å². The second-order valence-corrected chi connectivity index (χ2v) is 3.49. The zero-order valence-electron chi connectivity index (χ0n) is 6.07. The van der Waals surface area contributed by atoms with Crippen LogP contribution < -0.4 is 0 Å². The number of quaternary nitrogens is 1.